The predicted octanol–water partition coefficient (Wildman–Crippen LogP) is 0.354. The summed E-state index contributed by atoms with van der Waals surface area (Å²) in [5, 5.41) is 2.40. The zero-order valence-corrected chi connectivity index (χ0v) is 12.5. The maximum Gasteiger partial charge on any atom is 0.210 e. The van der Waals surface area contributed by atoms with E-state index in [1.54, 1.807) is 0 Å². The Labute approximate surface area is 125 Å². The highest BCUT2D eigenvalue weighted by molar-refractivity contribution is 5.82. The number of hydrogen-bond donors (Lipinski definition) is 0. The Hall–Kier alpha value is -1.80. The van der Waals surface area contributed by atoms with Crippen LogP contribution in [0.4, 0.5) is 0 Å². The molecule has 0 bridgehead atoms. The van der Waals surface area contributed by atoms with Crippen LogP contribution in [0.2, 0.25) is 0 Å². The number of nitrogens with zero attached hydrogens (tertiary/aromatic N) is 1. The van der Waals surface area contributed by atoms with Gasteiger partial charge in [-0.05, 0) is 32.0 Å². The highest BCUT2D eigenvalue weighted by Gasteiger charge is 2.13. The summed E-state index contributed by atoms with van der Waals surface area (Å²) in [5.41, 5.74) is 2.12. The molecule has 0 aromatic heterocycles. The van der Waals surface area contributed by atoms with E-state index < -0.39 is 0 Å². The van der Waals surface area contributed by atoms with Gasteiger partial charge in [0.25, 0.3) is 0 Å². The molecule has 104 valence electrons. The summed E-state index contributed by atoms with van der Waals surface area (Å²) in [6.07, 6.45) is 0. The molecule has 0 N–H and O–H groups in total. The lowest BCUT2D eigenvalue weighted by Crippen LogP contribution is -3.00. The lowest BCUT2D eigenvalue weighted by molar-refractivity contribution is -0.00000438. The van der Waals surface area contributed by atoms with E-state index in [9.17, 15) is 0 Å². The monoisotopic (exact) mass is 287 g/mol. The van der Waals surface area contributed by atoms with Crippen LogP contribution in [0.5, 0.6) is 0 Å². The van der Waals surface area contributed by atoms with Crippen molar-refractivity contribution in [2.45, 2.75) is 13.8 Å². The second kappa shape index (κ2) is 6.10. The molecule has 1 aliphatic carbocycles. The van der Waals surface area contributed by atoms with E-state index in [2.05, 4.69) is 42.7 Å². The molecule has 0 fully saturated rings. The molecule has 0 saturated heterocycles. The van der Waals surface area contributed by atoms with Crippen LogP contribution in [-0.2, 0) is 0 Å². The maximum absolute atomic E-state index is 6.00. The van der Waals surface area contributed by atoms with E-state index in [0.29, 0.717) is 0 Å². The number of fused-ring (bicyclic) bond motifs is 2. The highest BCUT2D eigenvalue weighted by Crippen LogP contribution is 2.24. The minimum absolute atomic E-state index is 0. The first-order valence-corrected chi connectivity index (χ1v) is 6.83. The van der Waals surface area contributed by atoms with E-state index >= 15 is 0 Å². The van der Waals surface area contributed by atoms with Gasteiger partial charge in [0.15, 0.2) is 0 Å². The van der Waals surface area contributed by atoms with Gasteiger partial charge < -0.3 is 16.8 Å². The van der Waals surface area contributed by atoms with Gasteiger partial charge >= 0.3 is 0 Å². The van der Waals surface area contributed by atoms with Gasteiger partial charge in [-0.2, -0.15) is 0 Å². The first kappa shape index (κ1) is 14.6. The predicted molar refractivity (Wildman–Crippen MR) is 79.2 cm³/mol. The third-order valence-corrected chi connectivity index (χ3v) is 3.59. The topological polar surface area (TPSA) is 16.1 Å². The van der Waals surface area contributed by atoms with Crippen molar-refractivity contribution >= 4 is 11.0 Å². The lowest BCUT2D eigenvalue weighted by Gasteiger charge is -2.07. The van der Waals surface area contributed by atoms with Crippen LogP contribution in [0.15, 0.2) is 52.9 Å². The van der Waals surface area contributed by atoms with Gasteiger partial charge in [-0.1, -0.05) is 24.3 Å². The molecule has 2 nitrogen and oxygen atoms in total. The van der Waals surface area contributed by atoms with E-state index in [1.807, 2.05) is 24.3 Å². The molecule has 1 aromatic carbocycles. The van der Waals surface area contributed by atoms with Crippen LogP contribution in [0, 0.1) is 0 Å². The van der Waals surface area contributed by atoms with Crippen molar-refractivity contribution in [1.29, 1.82) is 0 Å². The van der Waals surface area contributed by atoms with Crippen LogP contribution in [-0.4, -0.2) is 13.1 Å². The van der Waals surface area contributed by atoms with Crippen molar-refractivity contribution in [3.8, 4) is 11.3 Å². The SMILES string of the molecule is CC[N+](CC)=c1cccc2oc3ccccc3cc1-2.[Cl-]. The fourth-order valence-electron chi connectivity index (χ4n) is 2.57. The van der Waals surface area contributed by atoms with Crippen molar-refractivity contribution in [1.82, 2.24) is 4.58 Å². The van der Waals surface area contributed by atoms with Gasteiger partial charge in [0.1, 0.15) is 24.4 Å². The molecular weight excluding hydrogens is 270 g/mol. The second-order valence-corrected chi connectivity index (χ2v) is 4.65. The highest BCUT2D eigenvalue weighted by atomic mass is 35.5. The Morgan fingerprint density at radius 2 is 1.70 bits per heavy atom. The molecule has 1 aliphatic heterocycles. The standard InChI is InChI=1S/C17H18NO.ClH/c1-3-18(4-2)15-9-7-11-17-14(15)12-13-8-5-6-10-16(13)19-17;/h5-12H,3-4H2,1-2H3;1H/q+1;/p-1. The van der Waals surface area contributed by atoms with Gasteiger partial charge in [0.2, 0.25) is 5.36 Å². The molecule has 0 radical (unpaired) electrons. The van der Waals surface area contributed by atoms with Crippen molar-refractivity contribution in [2.75, 3.05) is 13.1 Å². The zero-order valence-electron chi connectivity index (χ0n) is 11.8. The summed E-state index contributed by atoms with van der Waals surface area (Å²) >= 11 is 0. The fourth-order valence-corrected chi connectivity index (χ4v) is 2.57. The Bertz CT molecular complexity index is 754. The van der Waals surface area contributed by atoms with Crippen LogP contribution >= 0.6 is 0 Å². The van der Waals surface area contributed by atoms with E-state index in [-0.39, 0.29) is 12.4 Å². The first-order valence-electron chi connectivity index (χ1n) is 6.83. The number of benzene rings is 2. The quantitative estimate of drug-likeness (QED) is 0.491. The smallest absolute Gasteiger partial charge is 0.210 e. The fraction of sp³-hybridized carbons (Fsp3) is 0.235. The van der Waals surface area contributed by atoms with Gasteiger partial charge in [-0.15, -0.1) is 0 Å². The van der Waals surface area contributed by atoms with Crippen LogP contribution < -0.4 is 22.3 Å². The molecule has 1 heterocycles. The molecule has 0 spiro atoms. The van der Waals surface area contributed by atoms with Gasteiger partial charge in [-0.25, -0.2) is 4.58 Å². The zero-order chi connectivity index (χ0) is 13.2. The minimum Gasteiger partial charge on any atom is -1.00 e. The summed E-state index contributed by atoms with van der Waals surface area (Å²) in [6, 6.07) is 16.6. The summed E-state index contributed by atoms with van der Waals surface area (Å²) in [7, 11) is 0. The Morgan fingerprint density at radius 3 is 2.45 bits per heavy atom. The average molecular weight is 288 g/mol. The largest absolute Gasteiger partial charge is 1.00 e. The van der Waals surface area contributed by atoms with Crippen molar-refractivity contribution in [3.05, 3.63) is 53.9 Å². The molecular formula is C17H18ClNO. The van der Waals surface area contributed by atoms with Crippen molar-refractivity contribution in [3.63, 3.8) is 0 Å². The van der Waals surface area contributed by atoms with Crippen LogP contribution in [0.1, 0.15) is 13.8 Å². The van der Waals surface area contributed by atoms with E-state index in [1.165, 1.54) is 10.9 Å². The van der Waals surface area contributed by atoms with Gasteiger partial charge in [-0.3, -0.25) is 0 Å². The third kappa shape index (κ3) is 2.44. The van der Waals surface area contributed by atoms with Gasteiger partial charge in [0, 0.05) is 11.5 Å². The van der Waals surface area contributed by atoms with Crippen LogP contribution in [0.25, 0.3) is 22.3 Å². The Morgan fingerprint density at radius 1 is 0.950 bits per heavy atom. The molecule has 0 saturated carbocycles. The lowest BCUT2D eigenvalue weighted by atomic mass is 10.1. The first-order chi connectivity index (χ1) is 9.33. The number of halogens is 1. The average Bonchev–Trinajstić information content (AvgIpc) is 2.46. The maximum atomic E-state index is 6.00. The molecule has 3 heteroatoms. The molecule has 0 atom stereocenters. The Kier molecular flexibility index (Phi) is 4.46. The summed E-state index contributed by atoms with van der Waals surface area (Å²) < 4.78 is 8.35. The minimum atomic E-state index is 0. The number of para-hydroxylation sites is 1. The van der Waals surface area contributed by atoms with Crippen LogP contribution in [0.3, 0.4) is 0 Å². The second-order valence-electron chi connectivity index (χ2n) is 4.65. The summed E-state index contributed by atoms with van der Waals surface area (Å²) in [5.74, 6) is 0.947. The molecule has 0 amide bonds. The summed E-state index contributed by atoms with van der Waals surface area (Å²) in [4.78, 5) is 0. The Balaban J connectivity index is 0.00000147. The summed E-state index contributed by atoms with van der Waals surface area (Å²) in [6.45, 7) is 6.37. The van der Waals surface area contributed by atoms with Crippen molar-refractivity contribution in [2.24, 2.45) is 0 Å². The molecule has 2 aliphatic rings. The normalized spacial score (nSPS) is 10.5. The molecule has 3 rings (SSSR count). The molecule has 1 aromatic rings. The molecule has 0 unspecified atom stereocenters. The van der Waals surface area contributed by atoms with E-state index in [4.69, 9.17) is 4.42 Å². The van der Waals surface area contributed by atoms with E-state index in [0.717, 1.165) is 29.8 Å². The van der Waals surface area contributed by atoms with Crippen molar-refractivity contribution < 1.29 is 16.8 Å². The number of hydrogen-bond acceptors (Lipinski definition) is 1. The third-order valence-electron chi connectivity index (χ3n) is 3.59. The number of rotatable bonds is 2. The van der Waals surface area contributed by atoms with Gasteiger partial charge in [0.05, 0.1) is 5.56 Å². The molecule has 20 heavy (non-hydrogen) atoms.